The van der Waals surface area contributed by atoms with Crippen molar-refractivity contribution >= 4 is 23.2 Å². The van der Waals surface area contributed by atoms with Crippen molar-refractivity contribution in [2.75, 3.05) is 31.5 Å². The highest BCUT2D eigenvalue weighted by Crippen LogP contribution is 2.23. The van der Waals surface area contributed by atoms with Gasteiger partial charge in [-0.1, -0.05) is 55.8 Å². The first-order valence-corrected chi connectivity index (χ1v) is 11.0. The number of carbonyl (C=O) groups is 1. The number of amides is 1. The first-order valence-electron chi connectivity index (χ1n) is 10.7. The summed E-state index contributed by atoms with van der Waals surface area (Å²) in [5, 5.41) is 3.92. The van der Waals surface area contributed by atoms with Crippen LogP contribution < -0.4 is 5.32 Å². The van der Waals surface area contributed by atoms with E-state index >= 15 is 0 Å². The smallest absolute Gasteiger partial charge is 0.227 e. The van der Waals surface area contributed by atoms with Gasteiger partial charge in [-0.05, 0) is 68.3 Å². The largest absolute Gasteiger partial charge is 0.326 e. The maximum Gasteiger partial charge on any atom is 0.227 e. The molecule has 156 valence electrons. The number of hydrogen-bond acceptors (Lipinski definition) is 3. The summed E-state index contributed by atoms with van der Waals surface area (Å²) in [6.07, 6.45) is 1.77. The quantitative estimate of drug-likeness (QED) is 0.659. The van der Waals surface area contributed by atoms with Gasteiger partial charge in [0.05, 0.1) is 0 Å². The van der Waals surface area contributed by atoms with Gasteiger partial charge in [0, 0.05) is 29.7 Å². The minimum atomic E-state index is 0.0767. The molecule has 1 saturated heterocycles. The molecular weight excluding hydrogens is 382 g/mol. The van der Waals surface area contributed by atoms with E-state index in [4.69, 9.17) is 11.6 Å². The van der Waals surface area contributed by atoms with Crippen LogP contribution in [-0.2, 0) is 17.9 Å². The topological polar surface area (TPSA) is 35.6 Å². The Kier molecular flexibility index (Phi) is 8.10. The van der Waals surface area contributed by atoms with Crippen molar-refractivity contribution in [3.05, 3.63) is 64.7 Å². The van der Waals surface area contributed by atoms with Gasteiger partial charge in [-0.25, -0.2) is 0 Å². The fourth-order valence-corrected chi connectivity index (χ4v) is 4.06. The molecule has 1 aliphatic heterocycles. The van der Waals surface area contributed by atoms with Gasteiger partial charge >= 0.3 is 0 Å². The highest BCUT2D eigenvalue weighted by Gasteiger charge is 2.25. The average Bonchev–Trinajstić information content (AvgIpc) is 2.75. The molecule has 4 nitrogen and oxygen atoms in total. The van der Waals surface area contributed by atoms with Crippen LogP contribution in [0.3, 0.4) is 0 Å². The normalized spacial score (nSPS) is 15.6. The van der Waals surface area contributed by atoms with E-state index in [1.54, 1.807) is 0 Å². The molecule has 3 rings (SSSR count). The summed E-state index contributed by atoms with van der Waals surface area (Å²) in [7, 11) is 0. The predicted octanol–water partition coefficient (Wildman–Crippen LogP) is 5.03. The van der Waals surface area contributed by atoms with E-state index in [0.717, 1.165) is 68.4 Å². The van der Waals surface area contributed by atoms with Gasteiger partial charge in [-0.2, -0.15) is 0 Å². The van der Waals surface area contributed by atoms with Gasteiger partial charge in [-0.15, -0.1) is 0 Å². The van der Waals surface area contributed by atoms with Crippen LogP contribution >= 0.6 is 11.6 Å². The average molecular weight is 414 g/mol. The van der Waals surface area contributed by atoms with Gasteiger partial charge in [0.1, 0.15) is 0 Å². The van der Waals surface area contributed by atoms with Crippen molar-refractivity contribution in [3.8, 4) is 0 Å². The van der Waals surface area contributed by atoms with Crippen LogP contribution in [0.4, 0.5) is 5.69 Å². The summed E-state index contributed by atoms with van der Waals surface area (Å²) in [5.74, 6) is 0.215. The van der Waals surface area contributed by atoms with Crippen LogP contribution in [0.1, 0.15) is 37.8 Å². The van der Waals surface area contributed by atoms with Gasteiger partial charge in [0.15, 0.2) is 0 Å². The minimum Gasteiger partial charge on any atom is -0.326 e. The standard InChI is InChI=1S/C24H32ClN3O/c1-3-27(4-2)17-19-9-11-22(12-10-19)26-24(29)20-13-15-28(16-14-20)18-21-7-5-6-8-23(21)25/h5-12,20H,3-4,13-18H2,1-2H3,(H,26,29). The van der Waals surface area contributed by atoms with Crippen molar-refractivity contribution in [3.63, 3.8) is 0 Å². The Morgan fingerprint density at radius 3 is 2.34 bits per heavy atom. The molecule has 0 unspecified atom stereocenters. The molecule has 0 atom stereocenters. The Morgan fingerprint density at radius 2 is 1.72 bits per heavy atom. The van der Waals surface area contributed by atoms with Gasteiger partial charge < -0.3 is 5.32 Å². The molecule has 0 aliphatic carbocycles. The number of piperidine rings is 1. The van der Waals surface area contributed by atoms with Crippen LogP contribution in [0.15, 0.2) is 48.5 Å². The minimum absolute atomic E-state index is 0.0767. The van der Waals surface area contributed by atoms with Gasteiger partial charge in [0.2, 0.25) is 5.91 Å². The predicted molar refractivity (Wildman–Crippen MR) is 121 cm³/mol. The van der Waals surface area contributed by atoms with E-state index in [1.165, 1.54) is 5.56 Å². The molecule has 2 aromatic rings. The zero-order valence-corrected chi connectivity index (χ0v) is 18.3. The van der Waals surface area contributed by atoms with Crippen molar-refractivity contribution in [1.29, 1.82) is 0 Å². The number of anilines is 1. The molecule has 5 heteroatoms. The zero-order chi connectivity index (χ0) is 20.6. The van der Waals surface area contributed by atoms with E-state index in [2.05, 4.69) is 47.2 Å². The highest BCUT2D eigenvalue weighted by molar-refractivity contribution is 6.31. The summed E-state index contributed by atoms with van der Waals surface area (Å²) < 4.78 is 0. The molecule has 1 heterocycles. The van der Waals surface area contributed by atoms with E-state index in [9.17, 15) is 4.79 Å². The number of carbonyl (C=O) groups excluding carboxylic acids is 1. The maximum absolute atomic E-state index is 12.7. The van der Waals surface area contributed by atoms with E-state index < -0.39 is 0 Å². The molecule has 1 N–H and O–H groups in total. The number of rotatable bonds is 8. The van der Waals surface area contributed by atoms with Crippen molar-refractivity contribution in [2.24, 2.45) is 5.92 Å². The second-order valence-electron chi connectivity index (χ2n) is 7.79. The van der Waals surface area contributed by atoms with Crippen molar-refractivity contribution in [1.82, 2.24) is 9.80 Å². The lowest BCUT2D eigenvalue weighted by molar-refractivity contribution is -0.121. The van der Waals surface area contributed by atoms with Gasteiger partial charge in [-0.3, -0.25) is 14.6 Å². The first kappa shape index (κ1) is 21.8. The monoisotopic (exact) mass is 413 g/mol. The molecule has 1 aliphatic rings. The molecule has 29 heavy (non-hydrogen) atoms. The fourth-order valence-electron chi connectivity index (χ4n) is 3.86. The SMILES string of the molecule is CCN(CC)Cc1ccc(NC(=O)C2CCN(Cc3ccccc3Cl)CC2)cc1. The number of benzene rings is 2. The second-order valence-corrected chi connectivity index (χ2v) is 8.20. The second kappa shape index (κ2) is 10.8. The lowest BCUT2D eigenvalue weighted by Gasteiger charge is -2.31. The van der Waals surface area contributed by atoms with Crippen molar-refractivity contribution in [2.45, 2.75) is 39.8 Å². The number of hydrogen-bond donors (Lipinski definition) is 1. The van der Waals surface area contributed by atoms with Crippen LogP contribution in [0.2, 0.25) is 5.02 Å². The third kappa shape index (κ3) is 6.30. The molecule has 0 saturated carbocycles. The number of nitrogens with one attached hydrogen (secondary N) is 1. The van der Waals surface area contributed by atoms with Gasteiger partial charge in [0.25, 0.3) is 0 Å². The number of likely N-dealkylation sites (tertiary alicyclic amines) is 1. The molecule has 0 spiro atoms. The summed E-state index contributed by atoms with van der Waals surface area (Å²) in [5.41, 5.74) is 3.32. The number of halogens is 1. The third-order valence-corrected chi connectivity index (χ3v) is 6.20. The van der Waals surface area contributed by atoms with Crippen molar-refractivity contribution < 1.29 is 4.79 Å². The highest BCUT2D eigenvalue weighted by atomic mass is 35.5. The molecule has 0 radical (unpaired) electrons. The summed E-state index contributed by atoms with van der Waals surface area (Å²) in [6.45, 7) is 10.1. The maximum atomic E-state index is 12.7. The molecule has 2 aromatic carbocycles. The van der Waals surface area contributed by atoms with Crippen LogP contribution in [0, 0.1) is 5.92 Å². The zero-order valence-electron chi connectivity index (χ0n) is 17.5. The lowest BCUT2D eigenvalue weighted by atomic mass is 9.95. The van der Waals surface area contributed by atoms with Crippen LogP contribution in [-0.4, -0.2) is 41.9 Å². The Bertz CT molecular complexity index is 781. The first-order chi connectivity index (χ1) is 14.1. The number of nitrogens with zero attached hydrogens (tertiary/aromatic N) is 2. The molecule has 1 amide bonds. The summed E-state index contributed by atoms with van der Waals surface area (Å²) in [6, 6.07) is 16.2. The van der Waals surface area contributed by atoms with Crippen LogP contribution in [0.25, 0.3) is 0 Å². The fraction of sp³-hybridized carbons (Fsp3) is 0.458. The molecular formula is C24H32ClN3O. The summed E-state index contributed by atoms with van der Waals surface area (Å²) in [4.78, 5) is 17.4. The Labute approximate surface area is 179 Å². The van der Waals surface area contributed by atoms with Crippen LogP contribution in [0.5, 0.6) is 0 Å². The molecule has 0 bridgehead atoms. The molecule has 0 aromatic heterocycles. The van der Waals surface area contributed by atoms with E-state index in [-0.39, 0.29) is 11.8 Å². The third-order valence-electron chi connectivity index (χ3n) is 5.83. The summed E-state index contributed by atoms with van der Waals surface area (Å²) >= 11 is 6.27. The molecule has 1 fully saturated rings. The Balaban J connectivity index is 1.46. The van der Waals surface area contributed by atoms with E-state index in [0.29, 0.717) is 0 Å². The Morgan fingerprint density at radius 1 is 1.07 bits per heavy atom. The van der Waals surface area contributed by atoms with E-state index in [1.807, 2.05) is 30.3 Å². The Hall–Kier alpha value is -1.88. The lowest BCUT2D eigenvalue weighted by Crippen LogP contribution is -2.37.